The monoisotopic (exact) mass is 240 g/mol. The van der Waals surface area contributed by atoms with E-state index in [1.165, 1.54) is 12.1 Å². The number of fused-ring (bicyclic) bond motifs is 1. The van der Waals surface area contributed by atoms with Gasteiger partial charge in [0.15, 0.2) is 11.6 Å². The molecule has 0 fully saturated rings. The molecule has 0 spiro atoms. The van der Waals surface area contributed by atoms with Crippen LogP contribution in [0.4, 0.5) is 20.2 Å². The molecule has 2 N–H and O–H groups in total. The number of nitrogens with one attached hydrogen (secondary N) is 2. The van der Waals surface area contributed by atoms with Gasteiger partial charge in [0, 0.05) is 24.7 Å². The molecule has 1 aromatic carbocycles. The van der Waals surface area contributed by atoms with Crippen LogP contribution in [0.3, 0.4) is 0 Å². The summed E-state index contributed by atoms with van der Waals surface area (Å²) in [5, 5.41) is 6.42. The van der Waals surface area contributed by atoms with Crippen LogP contribution in [0.25, 0.3) is 0 Å². The average Bonchev–Trinajstić information content (AvgIpc) is 2.40. The molecule has 0 amide bonds. The second-order valence-corrected chi connectivity index (χ2v) is 5.59. The number of benzene rings is 1. The van der Waals surface area contributed by atoms with Gasteiger partial charge in [-0.15, -0.1) is 0 Å². The first-order valence-corrected chi connectivity index (χ1v) is 5.87. The molecule has 1 heterocycles. The van der Waals surface area contributed by atoms with Gasteiger partial charge in [0.2, 0.25) is 0 Å². The van der Waals surface area contributed by atoms with Gasteiger partial charge in [0.05, 0.1) is 11.4 Å². The molecule has 1 aliphatic heterocycles. The highest BCUT2D eigenvalue weighted by molar-refractivity contribution is 5.70. The highest BCUT2D eigenvalue weighted by atomic mass is 19.2. The lowest BCUT2D eigenvalue weighted by Crippen LogP contribution is -2.34. The number of hydrogen-bond donors (Lipinski definition) is 2. The fourth-order valence-corrected chi connectivity index (χ4v) is 2.07. The van der Waals surface area contributed by atoms with Crippen molar-refractivity contribution < 1.29 is 8.78 Å². The van der Waals surface area contributed by atoms with Crippen molar-refractivity contribution in [2.24, 2.45) is 5.41 Å². The third-order valence-electron chi connectivity index (χ3n) is 3.18. The topological polar surface area (TPSA) is 24.1 Å². The second kappa shape index (κ2) is 4.17. The fourth-order valence-electron chi connectivity index (χ4n) is 2.07. The van der Waals surface area contributed by atoms with Crippen LogP contribution in [0.5, 0.6) is 0 Å². The molecular formula is C13H18F2N2. The Hall–Kier alpha value is -1.32. The number of anilines is 2. The van der Waals surface area contributed by atoms with Gasteiger partial charge >= 0.3 is 0 Å². The average molecular weight is 240 g/mol. The molecule has 1 atom stereocenters. The first kappa shape index (κ1) is 12.1. The third kappa shape index (κ3) is 2.51. The predicted octanol–water partition coefficient (Wildman–Crippen LogP) is 3.61. The molecule has 2 rings (SSSR count). The molecule has 0 aromatic heterocycles. The summed E-state index contributed by atoms with van der Waals surface area (Å²) in [7, 11) is 0. The van der Waals surface area contributed by atoms with Gasteiger partial charge < -0.3 is 10.6 Å². The molecule has 17 heavy (non-hydrogen) atoms. The molecule has 0 saturated heterocycles. The second-order valence-electron chi connectivity index (χ2n) is 5.59. The Morgan fingerprint density at radius 3 is 2.29 bits per heavy atom. The van der Waals surface area contributed by atoms with Crippen molar-refractivity contribution in [2.75, 3.05) is 17.2 Å². The molecule has 1 aromatic rings. The molecule has 0 bridgehead atoms. The van der Waals surface area contributed by atoms with E-state index in [0.717, 1.165) is 13.0 Å². The van der Waals surface area contributed by atoms with Crippen molar-refractivity contribution in [3.05, 3.63) is 23.8 Å². The van der Waals surface area contributed by atoms with Crippen molar-refractivity contribution in [1.29, 1.82) is 0 Å². The van der Waals surface area contributed by atoms with Crippen LogP contribution >= 0.6 is 0 Å². The lowest BCUT2D eigenvalue weighted by atomic mass is 9.85. The molecule has 2 nitrogen and oxygen atoms in total. The zero-order valence-corrected chi connectivity index (χ0v) is 10.4. The lowest BCUT2D eigenvalue weighted by Gasteiger charge is -2.31. The van der Waals surface area contributed by atoms with E-state index in [-0.39, 0.29) is 11.5 Å². The minimum atomic E-state index is -0.813. The van der Waals surface area contributed by atoms with Crippen LogP contribution in [0.15, 0.2) is 12.1 Å². The molecule has 0 aliphatic carbocycles. The summed E-state index contributed by atoms with van der Waals surface area (Å²) in [4.78, 5) is 0. The van der Waals surface area contributed by atoms with E-state index >= 15 is 0 Å². The van der Waals surface area contributed by atoms with Crippen molar-refractivity contribution >= 4 is 11.4 Å². The van der Waals surface area contributed by atoms with Crippen LogP contribution in [0.1, 0.15) is 27.2 Å². The van der Waals surface area contributed by atoms with Crippen LogP contribution in [-0.4, -0.2) is 12.6 Å². The van der Waals surface area contributed by atoms with Crippen LogP contribution in [0, 0.1) is 17.0 Å². The first-order valence-electron chi connectivity index (χ1n) is 5.87. The maximum atomic E-state index is 13.2. The molecular weight excluding hydrogens is 222 g/mol. The Kier molecular flexibility index (Phi) is 2.98. The van der Waals surface area contributed by atoms with E-state index < -0.39 is 11.6 Å². The van der Waals surface area contributed by atoms with E-state index in [4.69, 9.17) is 0 Å². The Balaban J connectivity index is 2.34. The van der Waals surface area contributed by atoms with Gasteiger partial charge in [-0.2, -0.15) is 0 Å². The molecule has 1 unspecified atom stereocenters. The first-order chi connectivity index (χ1) is 7.88. The number of rotatable bonds is 0. The van der Waals surface area contributed by atoms with Gasteiger partial charge in [-0.3, -0.25) is 0 Å². The Labute approximate surface area is 100 Å². The quantitative estimate of drug-likeness (QED) is 0.724. The van der Waals surface area contributed by atoms with Crippen molar-refractivity contribution in [2.45, 2.75) is 33.2 Å². The Morgan fingerprint density at radius 1 is 1.12 bits per heavy atom. The summed E-state index contributed by atoms with van der Waals surface area (Å²) in [6.07, 6.45) is 0.918. The molecule has 4 heteroatoms. The van der Waals surface area contributed by atoms with Crippen LogP contribution < -0.4 is 10.6 Å². The zero-order valence-electron chi connectivity index (χ0n) is 10.4. The fraction of sp³-hybridized carbons (Fsp3) is 0.538. The summed E-state index contributed by atoms with van der Waals surface area (Å²) in [6.45, 7) is 7.16. The Bertz CT molecular complexity index is 424. The minimum absolute atomic E-state index is 0.0775. The standard InChI is InChI=1S/C13H18F2N2/c1-13(2,3)12-4-5-16-10-6-8(14)9(15)7-11(10)17-12/h6-7,12,16-17H,4-5H2,1-3H3. The molecule has 0 saturated carbocycles. The maximum Gasteiger partial charge on any atom is 0.161 e. The van der Waals surface area contributed by atoms with E-state index in [1.807, 2.05) is 0 Å². The largest absolute Gasteiger partial charge is 0.383 e. The van der Waals surface area contributed by atoms with Crippen LogP contribution in [0.2, 0.25) is 0 Å². The summed E-state index contributed by atoms with van der Waals surface area (Å²) >= 11 is 0. The van der Waals surface area contributed by atoms with Gasteiger partial charge in [0.1, 0.15) is 0 Å². The van der Waals surface area contributed by atoms with Gasteiger partial charge in [-0.05, 0) is 11.8 Å². The van der Waals surface area contributed by atoms with Gasteiger partial charge in [0.25, 0.3) is 0 Å². The highest BCUT2D eigenvalue weighted by Gasteiger charge is 2.27. The highest BCUT2D eigenvalue weighted by Crippen LogP contribution is 2.33. The van der Waals surface area contributed by atoms with E-state index in [1.54, 1.807) is 0 Å². The maximum absolute atomic E-state index is 13.2. The summed E-state index contributed by atoms with van der Waals surface area (Å²) in [5.41, 5.74) is 1.35. The Morgan fingerprint density at radius 2 is 1.71 bits per heavy atom. The summed E-state index contributed by atoms with van der Waals surface area (Å²) in [6, 6.07) is 2.67. The number of halogens is 2. The lowest BCUT2D eigenvalue weighted by molar-refractivity contribution is 0.332. The number of hydrogen-bond acceptors (Lipinski definition) is 2. The zero-order chi connectivity index (χ0) is 12.6. The van der Waals surface area contributed by atoms with Crippen molar-refractivity contribution in [3.8, 4) is 0 Å². The predicted molar refractivity (Wildman–Crippen MR) is 66.3 cm³/mol. The third-order valence-corrected chi connectivity index (χ3v) is 3.18. The van der Waals surface area contributed by atoms with Gasteiger partial charge in [-0.1, -0.05) is 20.8 Å². The minimum Gasteiger partial charge on any atom is -0.383 e. The van der Waals surface area contributed by atoms with Crippen molar-refractivity contribution in [3.63, 3.8) is 0 Å². The van der Waals surface area contributed by atoms with Crippen molar-refractivity contribution in [1.82, 2.24) is 0 Å². The van der Waals surface area contributed by atoms with Crippen LogP contribution in [-0.2, 0) is 0 Å². The molecule has 0 radical (unpaired) electrons. The van der Waals surface area contributed by atoms with E-state index in [2.05, 4.69) is 31.4 Å². The summed E-state index contributed by atoms with van der Waals surface area (Å²) in [5.74, 6) is -1.63. The van der Waals surface area contributed by atoms with E-state index in [0.29, 0.717) is 11.4 Å². The molecule has 94 valence electrons. The summed E-state index contributed by atoms with van der Waals surface area (Å²) < 4.78 is 26.3. The normalized spacial score (nSPS) is 19.9. The van der Waals surface area contributed by atoms with Gasteiger partial charge in [-0.25, -0.2) is 8.78 Å². The molecule has 1 aliphatic rings. The van der Waals surface area contributed by atoms with E-state index in [9.17, 15) is 8.78 Å². The SMILES string of the molecule is CC(C)(C)C1CCNc2cc(F)c(F)cc2N1. The smallest absolute Gasteiger partial charge is 0.161 e.